The van der Waals surface area contributed by atoms with Crippen molar-refractivity contribution < 1.29 is 55.7 Å². The molecule has 0 spiro atoms. The van der Waals surface area contributed by atoms with Crippen LogP contribution in [-0.4, -0.2) is 65.7 Å². The second-order valence-corrected chi connectivity index (χ2v) is 11.3. The smallest absolute Gasteiger partial charge is 0.475 e. The number of hydrogen-bond acceptors (Lipinski definition) is 6. The molecular weight excluding hydrogens is 700 g/mol. The number of carbonyl (C=O) groups is 4. The number of aromatic amines is 1. The summed E-state index contributed by atoms with van der Waals surface area (Å²) in [6, 6.07) is 22.1. The Hall–Kier alpha value is -5.74. The molecule has 5 rings (SSSR count). The Labute approximate surface area is 292 Å². The molecule has 3 aromatic carbocycles. The molecule has 1 amide bonds. The van der Waals surface area contributed by atoms with E-state index in [0.717, 1.165) is 53.8 Å². The number of para-hydroxylation sites is 2. The number of carboxylic acids is 2. The number of rotatable bonds is 12. The number of carbonyl (C=O) groups excluding carboxylic acids is 2. The first-order valence-corrected chi connectivity index (χ1v) is 15.8. The Kier molecular flexibility index (Phi) is 14.5. The molecule has 0 bridgehead atoms. The second kappa shape index (κ2) is 18.5. The molecule has 11 nitrogen and oxygen atoms in total. The second-order valence-electron chi connectivity index (χ2n) is 11.3. The van der Waals surface area contributed by atoms with E-state index in [1.165, 1.54) is 10.8 Å². The molecule has 278 valence electrons. The van der Waals surface area contributed by atoms with Crippen molar-refractivity contribution in [2.24, 2.45) is 0 Å². The summed E-state index contributed by atoms with van der Waals surface area (Å²) in [5.74, 6) is -4.57. The largest absolute Gasteiger partial charge is 0.490 e. The van der Waals surface area contributed by atoms with E-state index in [-0.39, 0.29) is 18.5 Å². The maximum Gasteiger partial charge on any atom is 0.490 e. The molecule has 2 aromatic heterocycles. The van der Waals surface area contributed by atoms with Crippen LogP contribution < -0.4 is 5.32 Å². The van der Waals surface area contributed by atoms with Gasteiger partial charge in [0, 0.05) is 18.4 Å². The van der Waals surface area contributed by atoms with Crippen molar-refractivity contribution >= 4 is 45.4 Å². The monoisotopic (exact) mass is 735 g/mol. The van der Waals surface area contributed by atoms with Gasteiger partial charge in [0.1, 0.15) is 18.2 Å². The number of carboxylic acid groups (broad SMARTS) is 2. The van der Waals surface area contributed by atoms with E-state index in [0.29, 0.717) is 18.6 Å². The van der Waals surface area contributed by atoms with Crippen molar-refractivity contribution in [3.63, 3.8) is 0 Å². The van der Waals surface area contributed by atoms with Gasteiger partial charge in [0.25, 0.3) is 0 Å². The minimum atomic E-state index is -5.08. The normalized spacial score (nSPS) is 11.9. The number of aromatic nitrogens is 4. The Morgan fingerprint density at radius 1 is 0.827 bits per heavy atom. The van der Waals surface area contributed by atoms with Gasteiger partial charge in [0.05, 0.1) is 35.3 Å². The van der Waals surface area contributed by atoms with Crippen LogP contribution in [0, 0.1) is 0 Å². The van der Waals surface area contributed by atoms with E-state index in [2.05, 4.69) is 50.6 Å². The molecule has 5 aromatic rings. The molecular formula is C35H35F6N5O6. The fraction of sp³-hybridized carbons (Fsp3) is 0.314. The molecule has 0 unspecified atom stereocenters. The van der Waals surface area contributed by atoms with Crippen LogP contribution >= 0.6 is 0 Å². The van der Waals surface area contributed by atoms with Crippen LogP contribution in [0.3, 0.4) is 0 Å². The summed E-state index contributed by atoms with van der Waals surface area (Å²) in [4.78, 5) is 55.1. The molecule has 0 radical (unpaired) electrons. The van der Waals surface area contributed by atoms with Crippen LogP contribution in [0.1, 0.15) is 57.3 Å². The standard InChI is InChI=1S/C31H33N5O2.2C2HF3O2/c1-2-25(37)12-4-3-5-14-27(34-30(38)20-36-21-33-26-13-8-9-15-29(26)36)31-32-19-28(35-31)24-17-16-22-10-6-7-11-23(22)18-24;2*3-2(4,5)1(6)7/h6-11,13,15-19,21,27H,2-5,12,14,20H2,1H3,(H,32,35)(H,34,38);2*(H,6,7)/t27-;;/m0../s1. The van der Waals surface area contributed by atoms with Crippen LogP contribution in [0.25, 0.3) is 33.1 Å². The van der Waals surface area contributed by atoms with Gasteiger partial charge in [-0.05, 0) is 41.8 Å². The SMILES string of the molecule is CCC(=O)CCCCC[C@H](NC(=O)Cn1cnc2ccccc21)c1ncc(-c2ccc3ccccc3c2)[nH]1.O=C(O)C(F)(F)F.O=C(O)C(F)(F)F. The predicted molar refractivity (Wildman–Crippen MR) is 178 cm³/mol. The highest BCUT2D eigenvalue weighted by molar-refractivity contribution is 5.87. The quantitative estimate of drug-likeness (QED) is 0.0750. The van der Waals surface area contributed by atoms with Crippen LogP contribution in [-0.2, 0) is 25.7 Å². The summed E-state index contributed by atoms with van der Waals surface area (Å²) < 4.78 is 65.3. The van der Waals surface area contributed by atoms with Crippen molar-refractivity contribution in [1.29, 1.82) is 0 Å². The number of amides is 1. The molecule has 0 fully saturated rings. The highest BCUT2D eigenvalue weighted by Crippen LogP contribution is 2.26. The number of halogens is 6. The highest BCUT2D eigenvalue weighted by Gasteiger charge is 2.38. The van der Waals surface area contributed by atoms with Crippen LogP contribution in [0.15, 0.2) is 79.3 Å². The van der Waals surface area contributed by atoms with Gasteiger partial charge in [0.2, 0.25) is 5.91 Å². The average Bonchev–Trinajstić information content (AvgIpc) is 3.75. The number of Topliss-reactive ketones (excluding diaryl/α,β-unsaturated/α-hetero) is 1. The molecule has 0 aliphatic heterocycles. The van der Waals surface area contributed by atoms with Gasteiger partial charge in [-0.3, -0.25) is 9.59 Å². The topological polar surface area (TPSA) is 167 Å². The summed E-state index contributed by atoms with van der Waals surface area (Å²) in [5, 5.41) is 19.8. The zero-order chi connectivity index (χ0) is 38.5. The third kappa shape index (κ3) is 12.5. The molecule has 0 aliphatic carbocycles. The van der Waals surface area contributed by atoms with E-state index in [1.54, 1.807) is 6.33 Å². The van der Waals surface area contributed by atoms with Gasteiger partial charge in [-0.25, -0.2) is 19.6 Å². The van der Waals surface area contributed by atoms with Gasteiger partial charge in [-0.15, -0.1) is 0 Å². The van der Waals surface area contributed by atoms with Crippen molar-refractivity contribution in [2.75, 3.05) is 0 Å². The number of nitrogens with one attached hydrogen (secondary N) is 2. The van der Waals surface area contributed by atoms with Crippen LogP contribution in [0.5, 0.6) is 0 Å². The summed E-state index contributed by atoms with van der Waals surface area (Å²) in [7, 11) is 0. The predicted octanol–water partition coefficient (Wildman–Crippen LogP) is 7.63. The number of nitrogens with zero attached hydrogens (tertiary/aromatic N) is 3. The molecule has 17 heteroatoms. The highest BCUT2D eigenvalue weighted by atomic mass is 19.4. The summed E-state index contributed by atoms with van der Waals surface area (Å²) in [6.07, 6.45) is -1.99. The first kappa shape index (κ1) is 40.7. The zero-order valence-corrected chi connectivity index (χ0v) is 27.7. The van der Waals surface area contributed by atoms with E-state index in [9.17, 15) is 35.9 Å². The lowest BCUT2D eigenvalue weighted by Gasteiger charge is -2.17. The summed E-state index contributed by atoms with van der Waals surface area (Å²) in [6.45, 7) is 2.08. The van der Waals surface area contributed by atoms with Gasteiger partial charge in [-0.1, -0.05) is 68.3 Å². The molecule has 0 aliphatic rings. The van der Waals surface area contributed by atoms with Crippen LogP contribution in [0.2, 0.25) is 0 Å². The Morgan fingerprint density at radius 2 is 1.44 bits per heavy atom. The molecule has 52 heavy (non-hydrogen) atoms. The van der Waals surface area contributed by atoms with Crippen molar-refractivity contribution in [1.82, 2.24) is 24.8 Å². The molecule has 0 saturated carbocycles. The Balaban J connectivity index is 0.000000441. The van der Waals surface area contributed by atoms with Crippen molar-refractivity contribution in [2.45, 2.75) is 70.4 Å². The number of alkyl halides is 6. The first-order valence-electron chi connectivity index (χ1n) is 15.8. The van der Waals surface area contributed by atoms with E-state index < -0.39 is 24.3 Å². The number of benzene rings is 3. The third-order valence-electron chi connectivity index (χ3n) is 7.49. The zero-order valence-electron chi connectivity index (χ0n) is 27.7. The fourth-order valence-electron chi connectivity index (χ4n) is 4.85. The fourth-order valence-corrected chi connectivity index (χ4v) is 4.85. The van der Waals surface area contributed by atoms with Gasteiger partial charge in [-0.2, -0.15) is 26.3 Å². The molecule has 2 heterocycles. The Morgan fingerprint density at radius 3 is 2.08 bits per heavy atom. The maximum atomic E-state index is 13.1. The number of fused-ring (bicyclic) bond motifs is 2. The number of unbranched alkanes of at least 4 members (excludes halogenated alkanes) is 2. The number of ketones is 1. The Bertz CT molecular complexity index is 1950. The maximum absolute atomic E-state index is 13.1. The molecule has 4 N–H and O–H groups in total. The van der Waals surface area contributed by atoms with E-state index >= 15 is 0 Å². The van der Waals surface area contributed by atoms with Gasteiger partial charge >= 0.3 is 24.3 Å². The lowest BCUT2D eigenvalue weighted by molar-refractivity contribution is -0.193. The van der Waals surface area contributed by atoms with Crippen LogP contribution in [0.4, 0.5) is 26.3 Å². The molecule has 1 atom stereocenters. The average molecular weight is 736 g/mol. The lowest BCUT2D eigenvalue weighted by atomic mass is 10.0. The van der Waals surface area contributed by atoms with Gasteiger partial charge < -0.3 is 25.1 Å². The summed E-state index contributed by atoms with van der Waals surface area (Å²) >= 11 is 0. The number of hydrogen-bond donors (Lipinski definition) is 4. The van der Waals surface area contributed by atoms with Gasteiger partial charge in [0.15, 0.2) is 0 Å². The first-order chi connectivity index (χ1) is 24.5. The van der Waals surface area contributed by atoms with Crippen molar-refractivity contribution in [3.8, 4) is 11.3 Å². The van der Waals surface area contributed by atoms with E-state index in [4.69, 9.17) is 19.8 Å². The minimum Gasteiger partial charge on any atom is -0.475 e. The van der Waals surface area contributed by atoms with E-state index in [1.807, 2.05) is 54.1 Å². The molecule has 0 saturated heterocycles. The lowest BCUT2D eigenvalue weighted by Crippen LogP contribution is -2.32. The minimum absolute atomic E-state index is 0.0945. The number of aliphatic carboxylic acids is 2. The third-order valence-corrected chi connectivity index (χ3v) is 7.49. The number of imidazole rings is 2. The summed E-state index contributed by atoms with van der Waals surface area (Å²) in [5.41, 5.74) is 3.76. The van der Waals surface area contributed by atoms with Crippen molar-refractivity contribution in [3.05, 3.63) is 85.1 Å². The number of H-pyrrole nitrogens is 1.